The highest BCUT2D eigenvalue weighted by atomic mass is 16.1. The monoisotopic (exact) mass is 260 g/mol. The molecule has 0 bridgehead atoms. The number of nitrogens with one attached hydrogen (secondary N) is 2. The Hall–Kier alpha value is -1.35. The first-order valence-electron chi connectivity index (χ1n) is 7.37. The Morgan fingerprint density at radius 1 is 1.32 bits per heavy atom. The van der Waals surface area contributed by atoms with Crippen molar-refractivity contribution in [3.63, 3.8) is 0 Å². The minimum Gasteiger partial charge on any atom is -0.354 e. The van der Waals surface area contributed by atoms with E-state index >= 15 is 0 Å². The third kappa shape index (κ3) is 4.35. The lowest BCUT2D eigenvalue weighted by atomic mass is 9.99. The molecule has 1 amide bonds. The van der Waals surface area contributed by atoms with Gasteiger partial charge in [-0.05, 0) is 12.0 Å². The number of carbonyl (C=O) groups is 1. The molecule has 1 aromatic rings. The normalized spacial score (nSPS) is 20.3. The maximum absolute atomic E-state index is 11.3. The fourth-order valence-corrected chi connectivity index (χ4v) is 2.64. The Labute approximate surface area is 115 Å². The van der Waals surface area contributed by atoms with Crippen molar-refractivity contribution in [3.05, 3.63) is 35.9 Å². The van der Waals surface area contributed by atoms with Gasteiger partial charge in [-0.2, -0.15) is 0 Å². The molecule has 1 aliphatic heterocycles. The van der Waals surface area contributed by atoms with Crippen molar-refractivity contribution in [2.75, 3.05) is 6.54 Å². The molecule has 2 N–H and O–H groups in total. The molecule has 0 saturated carbocycles. The summed E-state index contributed by atoms with van der Waals surface area (Å²) in [4.78, 5) is 11.3. The summed E-state index contributed by atoms with van der Waals surface area (Å²) in [7, 11) is 0. The van der Waals surface area contributed by atoms with Crippen LogP contribution in [0.1, 0.15) is 50.6 Å². The van der Waals surface area contributed by atoms with E-state index in [-0.39, 0.29) is 11.9 Å². The van der Waals surface area contributed by atoms with Gasteiger partial charge in [0.1, 0.15) is 0 Å². The molecule has 1 fully saturated rings. The minimum atomic E-state index is 0.165. The highest BCUT2D eigenvalue weighted by Crippen LogP contribution is 2.21. The predicted molar refractivity (Wildman–Crippen MR) is 77.9 cm³/mol. The number of benzene rings is 1. The summed E-state index contributed by atoms with van der Waals surface area (Å²) in [5, 5.41) is 6.53. The molecule has 0 spiro atoms. The number of unbranched alkanes of at least 4 members (excludes halogenated alkanes) is 2. The van der Waals surface area contributed by atoms with Gasteiger partial charge in [0, 0.05) is 25.0 Å². The van der Waals surface area contributed by atoms with Gasteiger partial charge in [0.25, 0.3) is 0 Å². The molecular weight excluding hydrogens is 236 g/mol. The van der Waals surface area contributed by atoms with Crippen LogP contribution in [0.5, 0.6) is 0 Å². The summed E-state index contributed by atoms with van der Waals surface area (Å²) in [6.45, 7) is 2.99. The van der Waals surface area contributed by atoms with Crippen molar-refractivity contribution in [1.82, 2.24) is 10.6 Å². The number of hydrogen-bond acceptors (Lipinski definition) is 2. The van der Waals surface area contributed by atoms with E-state index in [2.05, 4.69) is 41.8 Å². The quantitative estimate of drug-likeness (QED) is 0.740. The summed E-state index contributed by atoms with van der Waals surface area (Å²) in [5.41, 5.74) is 1.33. The fourth-order valence-electron chi connectivity index (χ4n) is 2.64. The van der Waals surface area contributed by atoms with Crippen LogP contribution in [-0.2, 0) is 4.79 Å². The second kappa shape index (κ2) is 7.29. The zero-order valence-corrected chi connectivity index (χ0v) is 11.7. The van der Waals surface area contributed by atoms with E-state index in [1.807, 2.05) is 6.07 Å². The van der Waals surface area contributed by atoms with Gasteiger partial charge in [0.15, 0.2) is 0 Å². The van der Waals surface area contributed by atoms with E-state index in [1.54, 1.807) is 0 Å². The van der Waals surface area contributed by atoms with Gasteiger partial charge in [-0.25, -0.2) is 0 Å². The molecule has 0 aliphatic carbocycles. The smallest absolute Gasteiger partial charge is 0.221 e. The van der Waals surface area contributed by atoms with E-state index in [1.165, 1.54) is 24.8 Å². The molecule has 2 rings (SSSR count). The van der Waals surface area contributed by atoms with Gasteiger partial charge < -0.3 is 10.6 Å². The molecule has 0 radical (unpaired) electrons. The van der Waals surface area contributed by atoms with Crippen LogP contribution < -0.4 is 10.6 Å². The van der Waals surface area contributed by atoms with Gasteiger partial charge in [0.05, 0.1) is 0 Å². The molecule has 1 heterocycles. The minimum absolute atomic E-state index is 0.165. The Morgan fingerprint density at radius 2 is 2.11 bits per heavy atom. The Bertz CT molecular complexity index is 391. The van der Waals surface area contributed by atoms with Crippen molar-refractivity contribution < 1.29 is 4.79 Å². The zero-order chi connectivity index (χ0) is 13.5. The second-order valence-electron chi connectivity index (χ2n) is 5.33. The standard InChI is InChI=1S/C16H24N2O/c1-2-3-5-10-15(13-8-6-4-7-9-13)18-14-11-16(19)17-12-14/h4,6-9,14-15,18H,2-3,5,10-12H2,1H3,(H,17,19). The first kappa shape index (κ1) is 14.1. The van der Waals surface area contributed by atoms with Crippen molar-refractivity contribution in [1.29, 1.82) is 0 Å². The van der Waals surface area contributed by atoms with Gasteiger partial charge in [0.2, 0.25) is 5.91 Å². The molecule has 1 aromatic carbocycles. The van der Waals surface area contributed by atoms with Crippen LogP contribution in [0.15, 0.2) is 30.3 Å². The molecular formula is C16H24N2O. The van der Waals surface area contributed by atoms with E-state index in [9.17, 15) is 4.79 Å². The fraction of sp³-hybridized carbons (Fsp3) is 0.562. The summed E-state index contributed by atoms with van der Waals surface area (Å²) in [5.74, 6) is 0.165. The van der Waals surface area contributed by atoms with Crippen molar-refractivity contribution >= 4 is 5.91 Å². The van der Waals surface area contributed by atoms with Crippen LogP contribution in [0.25, 0.3) is 0 Å². The summed E-state index contributed by atoms with van der Waals surface area (Å²) in [6.07, 6.45) is 5.49. The second-order valence-corrected chi connectivity index (χ2v) is 5.33. The Balaban J connectivity index is 1.95. The molecule has 3 nitrogen and oxygen atoms in total. The molecule has 1 saturated heterocycles. The number of amides is 1. The van der Waals surface area contributed by atoms with Crippen LogP contribution in [0.3, 0.4) is 0 Å². The number of carbonyl (C=O) groups excluding carboxylic acids is 1. The summed E-state index contributed by atoms with van der Waals surface area (Å²) >= 11 is 0. The van der Waals surface area contributed by atoms with Crippen LogP contribution in [0, 0.1) is 0 Å². The molecule has 104 valence electrons. The predicted octanol–water partition coefficient (Wildman–Crippen LogP) is 2.79. The first-order chi connectivity index (χ1) is 9.29. The highest BCUT2D eigenvalue weighted by Gasteiger charge is 2.24. The molecule has 1 aliphatic rings. The number of rotatable bonds is 7. The maximum Gasteiger partial charge on any atom is 0.221 e. The van der Waals surface area contributed by atoms with Crippen molar-refractivity contribution in [2.24, 2.45) is 0 Å². The molecule has 2 atom stereocenters. The molecule has 0 aromatic heterocycles. The Morgan fingerprint density at radius 3 is 2.74 bits per heavy atom. The average Bonchev–Trinajstić information content (AvgIpc) is 2.84. The van der Waals surface area contributed by atoms with Gasteiger partial charge in [-0.1, -0.05) is 56.5 Å². The molecule has 2 unspecified atom stereocenters. The summed E-state index contributed by atoms with van der Waals surface area (Å²) < 4.78 is 0. The van der Waals surface area contributed by atoms with E-state index in [4.69, 9.17) is 0 Å². The van der Waals surface area contributed by atoms with Crippen molar-refractivity contribution in [2.45, 2.75) is 51.1 Å². The van der Waals surface area contributed by atoms with E-state index in [0.29, 0.717) is 12.5 Å². The molecule has 3 heteroatoms. The lowest BCUT2D eigenvalue weighted by Crippen LogP contribution is -2.34. The maximum atomic E-state index is 11.3. The number of hydrogen-bond donors (Lipinski definition) is 2. The highest BCUT2D eigenvalue weighted by molar-refractivity contribution is 5.78. The van der Waals surface area contributed by atoms with Crippen LogP contribution in [-0.4, -0.2) is 18.5 Å². The molecule has 19 heavy (non-hydrogen) atoms. The van der Waals surface area contributed by atoms with Crippen LogP contribution in [0.2, 0.25) is 0 Å². The van der Waals surface area contributed by atoms with Crippen LogP contribution >= 0.6 is 0 Å². The SMILES string of the molecule is CCCCCC(NC1CNC(=O)C1)c1ccccc1. The average molecular weight is 260 g/mol. The first-order valence-corrected chi connectivity index (χ1v) is 7.37. The van der Waals surface area contributed by atoms with Crippen molar-refractivity contribution in [3.8, 4) is 0 Å². The van der Waals surface area contributed by atoms with E-state index in [0.717, 1.165) is 13.0 Å². The third-order valence-corrected chi connectivity index (χ3v) is 3.71. The zero-order valence-electron chi connectivity index (χ0n) is 11.7. The van der Waals surface area contributed by atoms with E-state index < -0.39 is 0 Å². The largest absolute Gasteiger partial charge is 0.354 e. The van der Waals surface area contributed by atoms with Gasteiger partial charge >= 0.3 is 0 Å². The summed E-state index contributed by atoms with van der Waals surface area (Å²) in [6, 6.07) is 11.2. The lowest BCUT2D eigenvalue weighted by Gasteiger charge is -2.22. The van der Waals surface area contributed by atoms with Crippen LogP contribution in [0.4, 0.5) is 0 Å². The van der Waals surface area contributed by atoms with Gasteiger partial charge in [-0.15, -0.1) is 0 Å². The topological polar surface area (TPSA) is 41.1 Å². The van der Waals surface area contributed by atoms with Gasteiger partial charge in [-0.3, -0.25) is 4.79 Å². The Kier molecular flexibility index (Phi) is 5.40. The third-order valence-electron chi connectivity index (χ3n) is 3.71. The lowest BCUT2D eigenvalue weighted by molar-refractivity contribution is -0.119.